The summed E-state index contributed by atoms with van der Waals surface area (Å²) in [5.74, 6) is 0.468. The minimum atomic E-state index is -4.85. The Morgan fingerprint density at radius 3 is 2.42 bits per heavy atom. The molecule has 0 amide bonds. The molecule has 3 rings (SSSR count). The van der Waals surface area contributed by atoms with Gasteiger partial charge in [-0.25, -0.2) is 0 Å². The maximum absolute atomic E-state index is 14.2. The van der Waals surface area contributed by atoms with E-state index in [1.807, 2.05) is 13.0 Å². The van der Waals surface area contributed by atoms with E-state index in [1.54, 1.807) is 43.3 Å². The molecule has 166 valence electrons. The van der Waals surface area contributed by atoms with E-state index in [0.29, 0.717) is 33.7 Å². The molecule has 2 N–H and O–H groups in total. The number of thioether (sulfide) groups is 1. The van der Waals surface area contributed by atoms with E-state index < -0.39 is 23.6 Å². The highest BCUT2D eigenvalue weighted by molar-refractivity contribution is 7.99. The number of aryl methyl sites for hydroxylation is 1. The largest absolute Gasteiger partial charge is 0.497 e. The molecule has 3 aromatic rings. The Balaban J connectivity index is 2.13. The third kappa shape index (κ3) is 4.91. The van der Waals surface area contributed by atoms with Crippen LogP contribution in [0.25, 0.3) is 10.9 Å². The molecule has 2 atom stereocenters. The second-order valence-corrected chi connectivity index (χ2v) is 8.51. The van der Waals surface area contributed by atoms with Gasteiger partial charge in [0.25, 0.3) is 0 Å². The van der Waals surface area contributed by atoms with Crippen LogP contribution >= 0.6 is 11.8 Å². The molecular formula is C23H25F3N2O2S. The van der Waals surface area contributed by atoms with E-state index >= 15 is 0 Å². The van der Waals surface area contributed by atoms with Crippen molar-refractivity contribution >= 4 is 28.4 Å². The number of rotatable bonds is 8. The first-order valence-corrected chi connectivity index (χ1v) is 11.0. The average Bonchev–Trinajstić information content (AvgIpc) is 2.75. The molecule has 0 saturated heterocycles. The second kappa shape index (κ2) is 9.36. The van der Waals surface area contributed by atoms with E-state index in [1.165, 1.54) is 19.2 Å². The fraction of sp³-hybridized carbons (Fsp3) is 0.348. The smallest absolute Gasteiger partial charge is 0.420 e. The maximum atomic E-state index is 14.2. The molecule has 2 aromatic carbocycles. The van der Waals surface area contributed by atoms with E-state index in [2.05, 4.69) is 10.3 Å². The molecule has 1 aromatic heterocycles. The lowest BCUT2D eigenvalue weighted by Crippen LogP contribution is -2.54. The number of nitrogens with zero attached hydrogens (tertiary/aromatic N) is 1. The summed E-state index contributed by atoms with van der Waals surface area (Å²) in [5.41, 5.74) is -0.758. The van der Waals surface area contributed by atoms with Crippen molar-refractivity contribution in [1.82, 2.24) is 4.98 Å². The predicted octanol–water partition coefficient (Wildman–Crippen LogP) is 5.75. The van der Waals surface area contributed by atoms with Gasteiger partial charge in [-0.05, 0) is 54.6 Å². The Labute approximate surface area is 183 Å². The molecule has 2 unspecified atom stereocenters. The Kier molecular flexibility index (Phi) is 7.01. The molecule has 4 nitrogen and oxygen atoms in total. The lowest BCUT2D eigenvalue weighted by molar-refractivity contribution is -0.256. The number of nitrogens with one attached hydrogen (secondary N) is 1. The van der Waals surface area contributed by atoms with E-state index in [-0.39, 0.29) is 0 Å². The maximum Gasteiger partial charge on any atom is 0.420 e. The van der Waals surface area contributed by atoms with Gasteiger partial charge in [-0.15, -0.1) is 0 Å². The highest BCUT2D eigenvalue weighted by atomic mass is 32.2. The van der Waals surface area contributed by atoms with Crippen LogP contribution < -0.4 is 10.1 Å². The molecule has 0 aliphatic heterocycles. The first kappa shape index (κ1) is 23.2. The van der Waals surface area contributed by atoms with Crippen molar-refractivity contribution in [2.75, 3.05) is 23.9 Å². The van der Waals surface area contributed by atoms with Gasteiger partial charge in [0.15, 0.2) is 5.60 Å². The van der Waals surface area contributed by atoms with Crippen molar-refractivity contribution in [2.24, 2.45) is 0 Å². The normalized spacial score (nSPS) is 14.8. The molecule has 0 bridgehead atoms. The Morgan fingerprint density at radius 2 is 1.81 bits per heavy atom. The number of fused-ring (bicyclic) bond motifs is 1. The molecule has 0 radical (unpaired) electrons. The molecular weight excluding hydrogens is 425 g/mol. The van der Waals surface area contributed by atoms with Gasteiger partial charge in [-0.1, -0.05) is 25.1 Å². The van der Waals surface area contributed by atoms with Crippen molar-refractivity contribution in [2.45, 2.75) is 31.7 Å². The first-order chi connectivity index (χ1) is 14.7. The summed E-state index contributed by atoms with van der Waals surface area (Å²) in [6.45, 7) is 3.61. The number of aliphatic hydroxyl groups is 1. The van der Waals surface area contributed by atoms with Crippen LogP contribution in [0.5, 0.6) is 5.75 Å². The molecule has 0 aliphatic carbocycles. The van der Waals surface area contributed by atoms with Crippen molar-refractivity contribution in [1.29, 1.82) is 0 Å². The fourth-order valence-corrected chi connectivity index (χ4v) is 4.25. The molecule has 31 heavy (non-hydrogen) atoms. The van der Waals surface area contributed by atoms with Crippen LogP contribution in [0.1, 0.15) is 24.2 Å². The van der Waals surface area contributed by atoms with Crippen molar-refractivity contribution in [3.8, 4) is 5.75 Å². The van der Waals surface area contributed by atoms with Gasteiger partial charge >= 0.3 is 6.18 Å². The molecule has 0 fully saturated rings. The zero-order chi connectivity index (χ0) is 22.6. The number of benzene rings is 2. The zero-order valence-corrected chi connectivity index (χ0v) is 18.3. The standard InChI is InChI=1S/C23H25F3N2O2S/c1-4-31-14-22(29,23(24,25)26)21(16-9-11-17(30-3)12-10-16)28-20-7-5-6-19-18(20)13-8-15(2)27-19/h5-13,21,28-29H,4,14H2,1-3H3. The number of hydrogen-bond donors (Lipinski definition) is 2. The number of aromatic nitrogens is 1. The molecule has 0 spiro atoms. The lowest BCUT2D eigenvalue weighted by Gasteiger charge is -2.39. The third-order valence-corrected chi connectivity index (χ3v) is 6.17. The SMILES string of the molecule is CCSCC(O)(C(Nc1cccc2nc(C)ccc12)c1ccc(OC)cc1)C(F)(F)F. The summed E-state index contributed by atoms with van der Waals surface area (Å²) in [6, 6.07) is 13.7. The Morgan fingerprint density at radius 1 is 1.10 bits per heavy atom. The van der Waals surface area contributed by atoms with E-state index in [0.717, 1.165) is 17.5 Å². The number of halogens is 3. The van der Waals surface area contributed by atoms with Gasteiger partial charge in [0.2, 0.25) is 0 Å². The van der Waals surface area contributed by atoms with Gasteiger partial charge in [-0.3, -0.25) is 4.98 Å². The van der Waals surface area contributed by atoms with Crippen LogP contribution in [0.2, 0.25) is 0 Å². The average molecular weight is 451 g/mol. The van der Waals surface area contributed by atoms with Gasteiger partial charge < -0.3 is 15.2 Å². The highest BCUT2D eigenvalue weighted by Crippen LogP contribution is 2.44. The number of pyridine rings is 1. The van der Waals surface area contributed by atoms with Crippen LogP contribution in [-0.4, -0.2) is 40.5 Å². The van der Waals surface area contributed by atoms with E-state index in [4.69, 9.17) is 4.74 Å². The molecule has 0 saturated carbocycles. The number of alkyl halides is 3. The Hall–Kier alpha value is -2.45. The zero-order valence-electron chi connectivity index (χ0n) is 17.5. The topological polar surface area (TPSA) is 54.4 Å². The van der Waals surface area contributed by atoms with Crippen LogP contribution in [-0.2, 0) is 0 Å². The van der Waals surface area contributed by atoms with Gasteiger partial charge in [0.1, 0.15) is 5.75 Å². The monoisotopic (exact) mass is 450 g/mol. The second-order valence-electron chi connectivity index (χ2n) is 7.23. The van der Waals surface area contributed by atoms with E-state index in [9.17, 15) is 18.3 Å². The first-order valence-electron chi connectivity index (χ1n) is 9.83. The van der Waals surface area contributed by atoms with Crippen LogP contribution in [0.4, 0.5) is 18.9 Å². The van der Waals surface area contributed by atoms with Gasteiger partial charge in [0.05, 0.1) is 18.7 Å². The van der Waals surface area contributed by atoms with Crippen molar-refractivity contribution in [3.63, 3.8) is 0 Å². The summed E-state index contributed by atoms with van der Waals surface area (Å²) >= 11 is 1.04. The van der Waals surface area contributed by atoms with Gasteiger partial charge in [-0.2, -0.15) is 24.9 Å². The third-order valence-electron chi connectivity index (χ3n) is 5.11. The summed E-state index contributed by atoms with van der Waals surface area (Å²) in [5, 5.41) is 14.7. The summed E-state index contributed by atoms with van der Waals surface area (Å²) in [4.78, 5) is 4.45. The van der Waals surface area contributed by atoms with Crippen molar-refractivity contribution in [3.05, 3.63) is 65.9 Å². The summed E-state index contributed by atoms with van der Waals surface area (Å²) in [7, 11) is 1.49. The lowest BCUT2D eigenvalue weighted by atomic mass is 9.88. The fourth-order valence-electron chi connectivity index (χ4n) is 3.40. The molecule has 8 heteroatoms. The van der Waals surface area contributed by atoms with Crippen LogP contribution in [0, 0.1) is 6.92 Å². The van der Waals surface area contributed by atoms with Crippen LogP contribution in [0.3, 0.4) is 0 Å². The number of ether oxygens (including phenoxy) is 1. The molecule has 1 heterocycles. The van der Waals surface area contributed by atoms with Crippen molar-refractivity contribution < 1.29 is 23.0 Å². The minimum Gasteiger partial charge on any atom is -0.497 e. The molecule has 0 aliphatic rings. The van der Waals surface area contributed by atoms with Gasteiger partial charge in [0, 0.05) is 22.5 Å². The number of methoxy groups -OCH3 is 1. The Bertz CT molecular complexity index is 1030. The number of anilines is 1. The summed E-state index contributed by atoms with van der Waals surface area (Å²) < 4.78 is 47.9. The quantitative estimate of drug-likeness (QED) is 0.458. The summed E-state index contributed by atoms with van der Waals surface area (Å²) in [6.07, 6.45) is -4.85. The number of hydrogen-bond acceptors (Lipinski definition) is 5. The predicted molar refractivity (Wildman–Crippen MR) is 120 cm³/mol. The van der Waals surface area contributed by atoms with Crippen LogP contribution in [0.15, 0.2) is 54.6 Å². The highest BCUT2D eigenvalue weighted by Gasteiger charge is 2.59. The minimum absolute atomic E-state index is 0.300.